The summed E-state index contributed by atoms with van der Waals surface area (Å²) in [6, 6.07) is 14.1. The highest BCUT2D eigenvalue weighted by molar-refractivity contribution is 7.89. The van der Waals surface area contributed by atoms with Crippen LogP contribution in [0, 0.1) is 6.92 Å². The van der Waals surface area contributed by atoms with Gasteiger partial charge in [-0.1, -0.05) is 35.8 Å². The van der Waals surface area contributed by atoms with Gasteiger partial charge in [-0.15, -0.1) is 0 Å². The summed E-state index contributed by atoms with van der Waals surface area (Å²) in [5.41, 5.74) is 2.20. The first-order valence-corrected chi connectivity index (χ1v) is 12.2. The number of amides is 1. The van der Waals surface area contributed by atoms with Crippen LogP contribution in [0.25, 0.3) is 11.4 Å². The fourth-order valence-corrected chi connectivity index (χ4v) is 5.27. The summed E-state index contributed by atoms with van der Waals surface area (Å²) in [4.78, 5) is 17.1. The van der Waals surface area contributed by atoms with Crippen molar-refractivity contribution in [1.82, 2.24) is 14.4 Å². The fourth-order valence-electron chi connectivity index (χ4n) is 3.75. The van der Waals surface area contributed by atoms with Crippen molar-refractivity contribution in [1.29, 1.82) is 0 Å². The number of benzene rings is 2. The van der Waals surface area contributed by atoms with Crippen LogP contribution in [0.4, 0.5) is 5.69 Å². The molecule has 0 radical (unpaired) electrons. The van der Waals surface area contributed by atoms with Crippen LogP contribution >= 0.6 is 0 Å². The van der Waals surface area contributed by atoms with Crippen LogP contribution < -0.4 is 5.32 Å². The highest BCUT2D eigenvalue weighted by Crippen LogP contribution is 2.26. The van der Waals surface area contributed by atoms with Gasteiger partial charge in [0.15, 0.2) is 0 Å². The number of carbonyl (C=O) groups is 1. The number of piperidine rings is 1. The van der Waals surface area contributed by atoms with Gasteiger partial charge in [0.25, 0.3) is 0 Å². The van der Waals surface area contributed by atoms with Gasteiger partial charge in [-0.25, -0.2) is 8.42 Å². The average molecular weight is 455 g/mol. The number of para-hydroxylation sites is 1. The molecule has 0 atom stereocenters. The Hall–Kier alpha value is -3.04. The van der Waals surface area contributed by atoms with Crippen LogP contribution in [0.1, 0.15) is 37.1 Å². The summed E-state index contributed by atoms with van der Waals surface area (Å²) < 4.78 is 32.1. The average Bonchev–Trinajstić information content (AvgIpc) is 3.25. The number of nitrogens with zero attached hydrogens (tertiary/aromatic N) is 3. The number of aryl methyl sites for hydroxylation is 2. The lowest BCUT2D eigenvalue weighted by Gasteiger charge is -2.25. The van der Waals surface area contributed by atoms with Crippen molar-refractivity contribution in [3.05, 3.63) is 60.0 Å². The van der Waals surface area contributed by atoms with E-state index in [4.69, 9.17) is 4.52 Å². The zero-order valence-corrected chi connectivity index (χ0v) is 18.8. The van der Waals surface area contributed by atoms with E-state index in [0.29, 0.717) is 47.4 Å². The number of sulfonamides is 1. The SMILES string of the molecule is Cc1nc(-c2ccccc2NC(=O)CCc2ccc(S(=O)(=O)N3CCCCC3)cc2)no1. The van der Waals surface area contributed by atoms with Crippen molar-refractivity contribution >= 4 is 21.6 Å². The van der Waals surface area contributed by atoms with E-state index in [2.05, 4.69) is 15.5 Å². The topological polar surface area (TPSA) is 105 Å². The van der Waals surface area contributed by atoms with Gasteiger partial charge in [-0.2, -0.15) is 9.29 Å². The monoisotopic (exact) mass is 454 g/mol. The number of nitrogens with one attached hydrogen (secondary N) is 1. The lowest BCUT2D eigenvalue weighted by Crippen LogP contribution is -2.35. The van der Waals surface area contributed by atoms with Gasteiger partial charge < -0.3 is 9.84 Å². The summed E-state index contributed by atoms with van der Waals surface area (Å²) >= 11 is 0. The van der Waals surface area contributed by atoms with Gasteiger partial charge in [-0.05, 0) is 49.1 Å². The molecule has 0 bridgehead atoms. The minimum atomic E-state index is -3.45. The molecular formula is C23H26N4O4S. The maximum Gasteiger partial charge on any atom is 0.243 e. The molecule has 0 unspecified atom stereocenters. The van der Waals surface area contributed by atoms with Crippen molar-refractivity contribution in [3.63, 3.8) is 0 Å². The Kier molecular flexibility index (Phi) is 6.66. The normalized spacial score (nSPS) is 14.9. The molecule has 32 heavy (non-hydrogen) atoms. The summed E-state index contributed by atoms with van der Waals surface area (Å²) in [5.74, 6) is 0.721. The third-order valence-corrected chi connectivity index (χ3v) is 7.40. The predicted octanol–water partition coefficient (Wildman–Crippen LogP) is 3.79. The fraction of sp³-hybridized carbons (Fsp3) is 0.348. The smallest absolute Gasteiger partial charge is 0.243 e. The Balaban J connectivity index is 1.37. The van der Waals surface area contributed by atoms with Crippen LogP contribution in [-0.4, -0.2) is 41.9 Å². The molecule has 9 heteroatoms. The van der Waals surface area contributed by atoms with Crippen molar-refractivity contribution in [2.75, 3.05) is 18.4 Å². The minimum absolute atomic E-state index is 0.150. The maximum absolute atomic E-state index is 12.8. The largest absolute Gasteiger partial charge is 0.339 e. The molecule has 2 heterocycles. The van der Waals surface area contributed by atoms with E-state index in [1.807, 2.05) is 18.2 Å². The van der Waals surface area contributed by atoms with Crippen LogP contribution in [-0.2, 0) is 21.2 Å². The lowest BCUT2D eigenvalue weighted by atomic mass is 10.1. The van der Waals surface area contributed by atoms with E-state index < -0.39 is 10.0 Å². The third-order valence-electron chi connectivity index (χ3n) is 5.49. The molecule has 1 aliphatic rings. The Morgan fingerprint density at radius 1 is 1.06 bits per heavy atom. The van der Waals surface area contributed by atoms with Gasteiger partial charge in [0.1, 0.15) is 0 Å². The molecule has 2 aromatic carbocycles. The Labute approximate surface area is 187 Å². The highest BCUT2D eigenvalue weighted by Gasteiger charge is 2.25. The summed E-state index contributed by atoms with van der Waals surface area (Å²) in [5, 5.41) is 6.82. The van der Waals surface area contributed by atoms with E-state index in [0.717, 1.165) is 24.8 Å². The van der Waals surface area contributed by atoms with Gasteiger partial charge in [0.05, 0.1) is 10.6 Å². The second-order valence-corrected chi connectivity index (χ2v) is 9.78. The van der Waals surface area contributed by atoms with Crippen LogP contribution in [0.2, 0.25) is 0 Å². The first-order valence-electron chi connectivity index (χ1n) is 10.7. The van der Waals surface area contributed by atoms with E-state index in [1.54, 1.807) is 41.6 Å². The second kappa shape index (κ2) is 9.62. The molecule has 1 fully saturated rings. The van der Waals surface area contributed by atoms with Gasteiger partial charge >= 0.3 is 0 Å². The molecule has 8 nitrogen and oxygen atoms in total. The van der Waals surface area contributed by atoms with Crippen LogP contribution in [0.15, 0.2) is 57.9 Å². The predicted molar refractivity (Wildman–Crippen MR) is 120 cm³/mol. The molecule has 1 N–H and O–H groups in total. The van der Waals surface area contributed by atoms with E-state index >= 15 is 0 Å². The third kappa shape index (κ3) is 5.05. The van der Waals surface area contributed by atoms with Gasteiger partial charge in [-0.3, -0.25) is 4.79 Å². The summed E-state index contributed by atoms with van der Waals surface area (Å²) in [6.45, 7) is 2.87. The summed E-state index contributed by atoms with van der Waals surface area (Å²) in [7, 11) is -3.45. The molecule has 168 valence electrons. The Bertz CT molecular complexity index is 1180. The number of carbonyl (C=O) groups excluding carboxylic acids is 1. The van der Waals surface area contributed by atoms with Crippen molar-refractivity contribution < 1.29 is 17.7 Å². The van der Waals surface area contributed by atoms with Crippen molar-refractivity contribution in [2.45, 2.75) is 43.9 Å². The lowest BCUT2D eigenvalue weighted by molar-refractivity contribution is -0.116. The summed E-state index contributed by atoms with van der Waals surface area (Å²) in [6.07, 6.45) is 3.65. The molecule has 1 saturated heterocycles. The Morgan fingerprint density at radius 2 is 1.78 bits per heavy atom. The zero-order chi connectivity index (χ0) is 22.6. The molecule has 1 aromatic heterocycles. The minimum Gasteiger partial charge on any atom is -0.339 e. The number of hydrogen-bond donors (Lipinski definition) is 1. The molecule has 0 saturated carbocycles. The molecule has 1 amide bonds. The molecule has 3 aromatic rings. The first-order chi connectivity index (χ1) is 15.4. The standard InChI is InChI=1S/C23H26N4O4S/c1-17-24-23(26-31-17)20-7-3-4-8-21(20)25-22(28)14-11-18-9-12-19(13-10-18)32(29,30)27-15-5-2-6-16-27/h3-4,7-10,12-13H,2,5-6,11,14-16H2,1H3,(H,25,28). The van der Waals surface area contributed by atoms with E-state index in [-0.39, 0.29) is 12.3 Å². The molecule has 1 aliphatic heterocycles. The van der Waals surface area contributed by atoms with Crippen LogP contribution in [0.3, 0.4) is 0 Å². The number of rotatable bonds is 7. The molecular weight excluding hydrogens is 428 g/mol. The van der Waals surface area contributed by atoms with Crippen molar-refractivity contribution in [3.8, 4) is 11.4 Å². The van der Waals surface area contributed by atoms with E-state index in [9.17, 15) is 13.2 Å². The quantitative estimate of drug-likeness (QED) is 0.582. The molecule has 4 rings (SSSR count). The van der Waals surface area contributed by atoms with Gasteiger partial charge in [0, 0.05) is 32.0 Å². The van der Waals surface area contributed by atoms with Crippen LogP contribution in [0.5, 0.6) is 0 Å². The second-order valence-electron chi connectivity index (χ2n) is 7.84. The number of aromatic nitrogens is 2. The maximum atomic E-state index is 12.8. The molecule has 0 aliphatic carbocycles. The highest BCUT2D eigenvalue weighted by atomic mass is 32.2. The number of anilines is 1. The zero-order valence-electron chi connectivity index (χ0n) is 18.0. The first kappa shape index (κ1) is 22.2. The number of hydrogen-bond acceptors (Lipinski definition) is 6. The Morgan fingerprint density at radius 3 is 2.47 bits per heavy atom. The van der Waals surface area contributed by atoms with Crippen molar-refractivity contribution in [2.24, 2.45) is 0 Å². The van der Waals surface area contributed by atoms with E-state index in [1.165, 1.54) is 0 Å². The molecule has 0 spiro atoms. The van der Waals surface area contributed by atoms with Gasteiger partial charge in [0.2, 0.25) is 27.6 Å².